The van der Waals surface area contributed by atoms with Crippen LogP contribution in [0.15, 0.2) is 0 Å². The normalized spacial score (nSPS) is 6.29. The first-order valence-electron chi connectivity index (χ1n) is 2.31. The van der Waals surface area contributed by atoms with Crippen LogP contribution in [0.4, 0.5) is 0 Å². The van der Waals surface area contributed by atoms with Crippen LogP contribution in [0.1, 0.15) is 19.8 Å². The first kappa shape index (κ1) is 10.7. The Morgan fingerprint density at radius 2 is 2.00 bits per heavy atom. The zero-order chi connectivity index (χ0) is 6.12. The van der Waals surface area contributed by atoms with E-state index in [2.05, 4.69) is 36.4 Å². The van der Waals surface area contributed by atoms with Crippen LogP contribution in [0.2, 0.25) is 4.73 Å². The second-order valence-electron chi connectivity index (χ2n) is 1.10. The summed E-state index contributed by atoms with van der Waals surface area (Å²) in [7, 11) is 2.22. The molecule has 0 aliphatic heterocycles. The number of nitrogens with one attached hydrogen (secondary N) is 1. The summed E-state index contributed by atoms with van der Waals surface area (Å²) in [6, 6.07) is 0. The summed E-state index contributed by atoms with van der Waals surface area (Å²) in [6.07, 6.45) is 2.73. The zero-order valence-corrected chi connectivity index (χ0v) is 7.18. The monoisotopic (exact) mass is 152 g/mol. The molecule has 0 heterocycles. The molecule has 41 valence electrons. The van der Waals surface area contributed by atoms with E-state index in [0.29, 0.717) is 0 Å². The van der Waals surface area contributed by atoms with Crippen LogP contribution in [0, 0.1) is 5.16 Å². The Balaban J connectivity index is 0. The minimum atomic E-state index is 1.34. The maximum absolute atomic E-state index is 5.56. The molecule has 7 heavy (non-hydrogen) atoms. The van der Waals surface area contributed by atoms with Crippen molar-refractivity contribution in [3.63, 3.8) is 0 Å². The summed E-state index contributed by atoms with van der Waals surface area (Å²) < 4.78 is 1.34. The molecule has 1 N–H and O–H groups in total. The Bertz CT molecular complexity index is 25.7. The zero-order valence-electron chi connectivity index (χ0n) is 4.62. The fraction of sp³-hybridized carbons (Fsp3) is 1.00. The second-order valence-corrected chi connectivity index (χ2v) is 1.88. The first-order chi connectivity index (χ1) is 3.41. The predicted octanol–water partition coefficient (Wildman–Crippen LogP) is 2.64. The van der Waals surface area contributed by atoms with Crippen molar-refractivity contribution in [3.05, 3.63) is 0 Å². The Kier molecular flexibility index (Phi) is 24.3. The van der Waals surface area contributed by atoms with Gasteiger partial charge in [0, 0.05) is 0 Å². The molecule has 0 aromatic rings. The molecule has 0 saturated heterocycles. The molecule has 0 fully saturated rings. The summed E-state index contributed by atoms with van der Waals surface area (Å²) in [5.74, 6) is 0. The van der Waals surface area contributed by atoms with Crippen LogP contribution in [0.5, 0.6) is 0 Å². The van der Waals surface area contributed by atoms with Crippen LogP contribution in [-0.4, -0.2) is 0 Å². The summed E-state index contributed by atoms with van der Waals surface area (Å²) in [6.45, 7) is 2.21. The largest absolute Gasteiger partial charge is 0.287 e. The maximum Gasteiger partial charge on any atom is -0.0185 e. The van der Waals surface area contributed by atoms with Gasteiger partial charge >= 0.3 is 44.9 Å². The van der Waals surface area contributed by atoms with Gasteiger partial charge in [-0.15, -0.1) is 0 Å². The molecule has 0 amide bonds. The smallest absolute Gasteiger partial charge is 0.0185 e. The minimum absolute atomic E-state index is 1.34. The van der Waals surface area contributed by atoms with Crippen molar-refractivity contribution in [1.29, 1.82) is 5.16 Å². The van der Waals surface area contributed by atoms with E-state index in [1.54, 1.807) is 0 Å². The molecule has 0 atom stereocenters. The Morgan fingerprint density at radius 1 is 1.57 bits per heavy atom. The third-order valence-electron chi connectivity index (χ3n) is 0.530. The van der Waals surface area contributed by atoms with Crippen LogP contribution in [-0.2, 0) is 20.4 Å². The van der Waals surface area contributed by atoms with Crippen LogP contribution in [0.3, 0.4) is 0 Å². The van der Waals surface area contributed by atoms with E-state index in [9.17, 15) is 0 Å². The second kappa shape index (κ2) is 15.8. The predicted molar refractivity (Wildman–Crippen MR) is 30.7 cm³/mol. The fourth-order valence-corrected chi connectivity index (χ4v) is 0.729. The quantitative estimate of drug-likeness (QED) is 0.464. The van der Waals surface area contributed by atoms with Gasteiger partial charge in [-0.2, -0.15) is 0 Å². The summed E-state index contributed by atoms with van der Waals surface area (Å²) in [4.78, 5) is 0. The molecule has 0 aromatic heterocycles. The molecule has 1 nitrogen and oxygen atoms in total. The van der Waals surface area contributed by atoms with E-state index in [-0.39, 0.29) is 0 Å². The van der Waals surface area contributed by atoms with Gasteiger partial charge in [-0.3, -0.25) is 5.16 Å². The van der Waals surface area contributed by atoms with Crippen molar-refractivity contribution in [3.8, 4) is 0 Å². The van der Waals surface area contributed by atoms with E-state index < -0.39 is 0 Å². The molecule has 0 aliphatic carbocycles. The Morgan fingerprint density at radius 3 is 2.00 bits per heavy atom. The third kappa shape index (κ3) is 19.9. The van der Waals surface area contributed by atoms with Crippen molar-refractivity contribution in [2.24, 2.45) is 0 Å². The fourth-order valence-electron chi connectivity index (χ4n) is 0.177. The minimum Gasteiger partial charge on any atom is -0.287 e. The SMILES string of the molecule is CCC[CH2][Ti].N=P. The standard InChI is InChI=1S/C4H9.H2NP.Ti/c1-3-4-2;1-2;/h1,3-4H2,2H3;1-2H;. The molecule has 0 saturated carbocycles. The molecule has 0 aromatic carbocycles. The molecule has 0 bridgehead atoms. The molecule has 3 heteroatoms. The van der Waals surface area contributed by atoms with Crippen molar-refractivity contribution < 1.29 is 20.4 Å². The van der Waals surface area contributed by atoms with Crippen molar-refractivity contribution in [1.82, 2.24) is 0 Å². The van der Waals surface area contributed by atoms with Crippen molar-refractivity contribution in [2.45, 2.75) is 24.5 Å². The first-order valence-corrected chi connectivity index (χ1v) is 3.91. The average molecular weight is 152 g/mol. The number of rotatable bonds is 2. The van der Waals surface area contributed by atoms with E-state index in [4.69, 9.17) is 5.16 Å². The molecule has 0 spiro atoms. The van der Waals surface area contributed by atoms with Gasteiger partial charge < -0.3 is 0 Å². The van der Waals surface area contributed by atoms with Gasteiger partial charge in [-0.05, 0) is 9.03 Å². The van der Waals surface area contributed by atoms with Gasteiger partial charge in [0.25, 0.3) is 0 Å². The summed E-state index contributed by atoms with van der Waals surface area (Å²) >= 11 is 2.21. The van der Waals surface area contributed by atoms with E-state index in [0.717, 1.165) is 0 Å². The summed E-state index contributed by atoms with van der Waals surface area (Å²) in [5, 5.41) is 5.56. The molecule has 0 rings (SSSR count). The van der Waals surface area contributed by atoms with Gasteiger partial charge in [-0.25, -0.2) is 0 Å². The van der Waals surface area contributed by atoms with Gasteiger partial charge in [0.05, 0.1) is 0 Å². The van der Waals surface area contributed by atoms with Gasteiger partial charge in [0.2, 0.25) is 0 Å². The third-order valence-corrected chi connectivity index (χ3v) is 1.08. The molecular formula is C4H11NPTi. The van der Waals surface area contributed by atoms with Gasteiger partial charge in [0.15, 0.2) is 0 Å². The number of hydrogen-bond acceptors (Lipinski definition) is 1. The molecular weight excluding hydrogens is 141 g/mol. The molecule has 0 unspecified atom stereocenters. The van der Waals surface area contributed by atoms with E-state index in [1.165, 1.54) is 17.6 Å². The Labute approximate surface area is 59.4 Å². The number of hydrogen-bond donors (Lipinski definition) is 1. The Hall–Kier alpha value is 0.814. The van der Waals surface area contributed by atoms with E-state index in [1.807, 2.05) is 0 Å². The average Bonchev–Trinajstić information content (AvgIpc) is 1.75. The molecule has 0 radical (unpaired) electrons. The van der Waals surface area contributed by atoms with E-state index >= 15 is 0 Å². The topological polar surface area (TPSA) is 23.9 Å². The van der Waals surface area contributed by atoms with Crippen LogP contribution in [0.25, 0.3) is 0 Å². The van der Waals surface area contributed by atoms with Gasteiger partial charge in [-0.1, -0.05) is 0 Å². The van der Waals surface area contributed by atoms with Crippen molar-refractivity contribution >= 4 is 9.03 Å². The van der Waals surface area contributed by atoms with Crippen LogP contribution < -0.4 is 0 Å². The van der Waals surface area contributed by atoms with Crippen LogP contribution >= 0.6 is 9.03 Å². The summed E-state index contributed by atoms with van der Waals surface area (Å²) in [5.41, 5.74) is 0. The number of unbranched alkanes of at least 4 members (excludes halogenated alkanes) is 1. The van der Waals surface area contributed by atoms with Crippen molar-refractivity contribution in [2.75, 3.05) is 0 Å². The van der Waals surface area contributed by atoms with Gasteiger partial charge in [0.1, 0.15) is 0 Å². The maximum atomic E-state index is 5.56. The molecule has 0 aliphatic rings.